The van der Waals surface area contributed by atoms with Crippen molar-refractivity contribution in [1.82, 2.24) is 10.2 Å². The van der Waals surface area contributed by atoms with Crippen molar-refractivity contribution in [3.05, 3.63) is 46.0 Å². The molecule has 0 fully saturated rings. The summed E-state index contributed by atoms with van der Waals surface area (Å²) in [6, 6.07) is 5.89. The third-order valence-corrected chi connectivity index (χ3v) is 2.96. The van der Waals surface area contributed by atoms with Gasteiger partial charge in [-0.3, -0.25) is 19.7 Å². The van der Waals surface area contributed by atoms with Crippen LogP contribution < -0.4 is 5.32 Å². The zero-order valence-corrected chi connectivity index (χ0v) is 13.2. The van der Waals surface area contributed by atoms with Crippen LogP contribution in [-0.2, 0) is 19.1 Å². The van der Waals surface area contributed by atoms with Crippen molar-refractivity contribution >= 4 is 29.5 Å². The Morgan fingerprint density at radius 3 is 2.62 bits per heavy atom. The number of nitro groups is 1. The SMILES string of the molecule is CNC(=O)CN(C)C(=O)COC(=O)/C=C/c1ccccc1[N+](=O)[O-]. The predicted molar refractivity (Wildman–Crippen MR) is 84.8 cm³/mol. The molecule has 0 aromatic heterocycles. The lowest BCUT2D eigenvalue weighted by Crippen LogP contribution is -2.38. The number of nitrogens with zero attached hydrogens (tertiary/aromatic N) is 2. The van der Waals surface area contributed by atoms with Crippen LogP contribution >= 0.6 is 0 Å². The first-order valence-electron chi connectivity index (χ1n) is 6.88. The second-order valence-electron chi connectivity index (χ2n) is 4.68. The van der Waals surface area contributed by atoms with Gasteiger partial charge in [0.15, 0.2) is 6.61 Å². The highest BCUT2D eigenvalue weighted by atomic mass is 16.6. The molecule has 0 unspecified atom stereocenters. The van der Waals surface area contributed by atoms with E-state index in [9.17, 15) is 24.5 Å². The largest absolute Gasteiger partial charge is 0.452 e. The summed E-state index contributed by atoms with van der Waals surface area (Å²) in [5.74, 6) is -1.73. The van der Waals surface area contributed by atoms with E-state index < -0.39 is 23.4 Å². The molecule has 0 heterocycles. The Morgan fingerprint density at radius 1 is 1.33 bits per heavy atom. The number of rotatable bonds is 7. The molecule has 0 aliphatic rings. The van der Waals surface area contributed by atoms with E-state index in [1.165, 1.54) is 38.4 Å². The average Bonchev–Trinajstić information content (AvgIpc) is 2.57. The van der Waals surface area contributed by atoms with Gasteiger partial charge in [0.25, 0.3) is 11.6 Å². The summed E-state index contributed by atoms with van der Waals surface area (Å²) in [6.45, 7) is -0.688. The molecule has 0 saturated heterocycles. The Balaban J connectivity index is 2.56. The maximum atomic E-state index is 11.7. The summed E-state index contributed by atoms with van der Waals surface area (Å²) in [7, 11) is 2.84. The minimum absolute atomic E-state index is 0.150. The molecule has 24 heavy (non-hydrogen) atoms. The van der Waals surface area contributed by atoms with Gasteiger partial charge < -0.3 is 15.0 Å². The quantitative estimate of drug-likeness (QED) is 0.332. The number of hydrogen-bond donors (Lipinski definition) is 1. The van der Waals surface area contributed by atoms with Crippen LogP contribution in [0, 0.1) is 10.1 Å². The molecular formula is C15H17N3O6. The fraction of sp³-hybridized carbons (Fsp3) is 0.267. The van der Waals surface area contributed by atoms with Gasteiger partial charge in [-0.2, -0.15) is 0 Å². The second-order valence-corrected chi connectivity index (χ2v) is 4.68. The van der Waals surface area contributed by atoms with Gasteiger partial charge >= 0.3 is 5.97 Å². The maximum Gasteiger partial charge on any atom is 0.331 e. The van der Waals surface area contributed by atoms with E-state index >= 15 is 0 Å². The molecule has 0 radical (unpaired) electrons. The first kappa shape index (κ1) is 18.8. The highest BCUT2D eigenvalue weighted by Crippen LogP contribution is 2.18. The number of carbonyl (C=O) groups excluding carboxylic acids is 3. The summed E-state index contributed by atoms with van der Waals surface area (Å²) < 4.78 is 4.74. The van der Waals surface area contributed by atoms with Gasteiger partial charge in [0.1, 0.15) is 0 Å². The highest BCUT2D eigenvalue weighted by molar-refractivity contribution is 5.90. The molecule has 0 bridgehead atoms. The molecule has 0 aliphatic heterocycles. The normalized spacial score (nSPS) is 10.2. The number of likely N-dealkylation sites (N-methyl/N-ethyl adjacent to an activating group) is 2. The molecule has 0 spiro atoms. The van der Waals surface area contributed by atoms with Gasteiger partial charge in [-0.05, 0) is 12.1 Å². The van der Waals surface area contributed by atoms with Gasteiger partial charge in [-0.1, -0.05) is 12.1 Å². The van der Waals surface area contributed by atoms with Crippen LogP contribution in [0.4, 0.5) is 5.69 Å². The number of esters is 1. The number of amides is 2. The van der Waals surface area contributed by atoms with E-state index in [0.29, 0.717) is 0 Å². The van der Waals surface area contributed by atoms with Crippen LogP contribution in [0.3, 0.4) is 0 Å². The zero-order chi connectivity index (χ0) is 18.1. The summed E-state index contributed by atoms with van der Waals surface area (Å²) in [4.78, 5) is 45.8. The van der Waals surface area contributed by atoms with Crippen molar-refractivity contribution in [1.29, 1.82) is 0 Å². The van der Waals surface area contributed by atoms with Crippen molar-refractivity contribution in [3.63, 3.8) is 0 Å². The predicted octanol–water partition coefficient (Wildman–Crippen LogP) is 0.356. The van der Waals surface area contributed by atoms with E-state index in [1.807, 2.05) is 0 Å². The van der Waals surface area contributed by atoms with Crippen molar-refractivity contribution in [3.8, 4) is 0 Å². The molecule has 9 nitrogen and oxygen atoms in total. The number of benzene rings is 1. The molecule has 0 aliphatic carbocycles. The average molecular weight is 335 g/mol. The van der Waals surface area contributed by atoms with Crippen molar-refractivity contribution < 1.29 is 24.0 Å². The maximum absolute atomic E-state index is 11.7. The van der Waals surface area contributed by atoms with Gasteiger partial charge in [0, 0.05) is 26.2 Å². The Labute approximate surface area is 138 Å². The first-order valence-corrected chi connectivity index (χ1v) is 6.88. The summed E-state index contributed by atoms with van der Waals surface area (Å²) in [6.07, 6.45) is 2.23. The van der Waals surface area contributed by atoms with E-state index in [1.54, 1.807) is 6.07 Å². The van der Waals surface area contributed by atoms with Gasteiger partial charge in [-0.25, -0.2) is 4.79 Å². The highest BCUT2D eigenvalue weighted by Gasteiger charge is 2.14. The lowest BCUT2D eigenvalue weighted by atomic mass is 10.1. The van der Waals surface area contributed by atoms with E-state index in [2.05, 4.69) is 5.32 Å². The van der Waals surface area contributed by atoms with Crippen LogP contribution in [0.5, 0.6) is 0 Å². The Kier molecular flexibility index (Phi) is 7.08. The van der Waals surface area contributed by atoms with Crippen LogP contribution in [0.15, 0.2) is 30.3 Å². The lowest BCUT2D eigenvalue weighted by molar-refractivity contribution is -0.385. The number of hydrogen-bond acceptors (Lipinski definition) is 6. The molecule has 2 amide bonds. The standard InChI is InChI=1S/C15H17N3O6/c1-16-13(19)9-17(2)14(20)10-24-15(21)8-7-11-5-3-4-6-12(11)18(22)23/h3-8H,9-10H2,1-2H3,(H,16,19)/b8-7+. The van der Waals surface area contributed by atoms with Gasteiger partial charge in [-0.15, -0.1) is 0 Å². The molecule has 1 N–H and O–H groups in total. The third-order valence-electron chi connectivity index (χ3n) is 2.96. The van der Waals surface area contributed by atoms with Gasteiger partial charge in [0.05, 0.1) is 17.0 Å². The Morgan fingerprint density at radius 2 is 2.00 bits per heavy atom. The fourth-order valence-corrected chi connectivity index (χ4v) is 1.63. The number of nitrogens with one attached hydrogen (secondary N) is 1. The van der Waals surface area contributed by atoms with E-state index in [4.69, 9.17) is 4.74 Å². The summed E-state index contributed by atoms with van der Waals surface area (Å²) in [5, 5.41) is 13.2. The van der Waals surface area contributed by atoms with Crippen LogP contribution in [0.2, 0.25) is 0 Å². The fourth-order valence-electron chi connectivity index (χ4n) is 1.63. The van der Waals surface area contributed by atoms with Crippen LogP contribution in [-0.4, -0.2) is 54.9 Å². The molecule has 0 saturated carbocycles. The molecule has 1 aromatic carbocycles. The monoisotopic (exact) mass is 335 g/mol. The van der Waals surface area contributed by atoms with Crippen molar-refractivity contribution in [2.45, 2.75) is 0 Å². The van der Waals surface area contributed by atoms with E-state index in [-0.39, 0.29) is 23.7 Å². The van der Waals surface area contributed by atoms with Crippen molar-refractivity contribution in [2.75, 3.05) is 27.2 Å². The summed E-state index contributed by atoms with van der Waals surface area (Å²) >= 11 is 0. The topological polar surface area (TPSA) is 119 Å². The zero-order valence-electron chi connectivity index (χ0n) is 13.2. The minimum Gasteiger partial charge on any atom is -0.452 e. The van der Waals surface area contributed by atoms with Crippen molar-refractivity contribution in [2.24, 2.45) is 0 Å². The second kappa shape index (κ2) is 9.03. The molecule has 128 valence electrons. The molecule has 1 rings (SSSR count). The lowest BCUT2D eigenvalue weighted by Gasteiger charge is -2.15. The molecule has 1 aromatic rings. The van der Waals surface area contributed by atoms with Gasteiger partial charge in [0.2, 0.25) is 5.91 Å². The van der Waals surface area contributed by atoms with Crippen LogP contribution in [0.25, 0.3) is 6.08 Å². The first-order chi connectivity index (χ1) is 11.3. The Hall–Kier alpha value is -3.23. The number of ether oxygens (including phenoxy) is 1. The molecular weight excluding hydrogens is 318 g/mol. The Bertz CT molecular complexity index is 671. The van der Waals surface area contributed by atoms with E-state index in [0.717, 1.165) is 11.0 Å². The smallest absolute Gasteiger partial charge is 0.331 e. The summed E-state index contributed by atoms with van der Waals surface area (Å²) in [5.41, 5.74) is 0.0884. The third kappa shape index (κ3) is 5.87. The number of nitro benzene ring substituents is 1. The number of para-hydroxylation sites is 1. The minimum atomic E-state index is -0.824. The van der Waals surface area contributed by atoms with Crippen LogP contribution in [0.1, 0.15) is 5.56 Å². The number of carbonyl (C=O) groups is 3. The molecule has 9 heteroatoms. The molecule has 0 atom stereocenters.